The lowest BCUT2D eigenvalue weighted by Crippen LogP contribution is -2.19. The van der Waals surface area contributed by atoms with Crippen molar-refractivity contribution in [3.8, 4) is 0 Å². The van der Waals surface area contributed by atoms with Crippen LogP contribution in [0.2, 0.25) is 0 Å². The molecule has 10 heteroatoms. The van der Waals surface area contributed by atoms with E-state index < -0.39 is 11.8 Å². The van der Waals surface area contributed by atoms with Gasteiger partial charge >= 0.3 is 6.03 Å². The van der Waals surface area contributed by atoms with Gasteiger partial charge in [-0.3, -0.25) is 4.79 Å². The van der Waals surface area contributed by atoms with Crippen LogP contribution in [0.4, 0.5) is 32.1 Å². The van der Waals surface area contributed by atoms with Gasteiger partial charge in [0.25, 0.3) is 5.91 Å². The van der Waals surface area contributed by atoms with Crippen molar-refractivity contribution in [2.45, 2.75) is 0 Å². The molecule has 0 radical (unpaired) electrons. The lowest BCUT2D eigenvalue weighted by Gasteiger charge is -2.10. The van der Waals surface area contributed by atoms with Gasteiger partial charge < -0.3 is 21.7 Å². The van der Waals surface area contributed by atoms with Gasteiger partial charge in [0, 0.05) is 22.4 Å². The van der Waals surface area contributed by atoms with Gasteiger partial charge in [-0.1, -0.05) is 6.07 Å². The van der Waals surface area contributed by atoms with Gasteiger partial charge in [-0.05, 0) is 42.5 Å². The number of hydrogen-bond acceptors (Lipinski definition) is 6. The number of nitrogen functional groups attached to an aromatic ring is 1. The Morgan fingerprint density at radius 3 is 2.40 bits per heavy atom. The molecule has 30 heavy (non-hydrogen) atoms. The first-order chi connectivity index (χ1) is 14.5. The van der Waals surface area contributed by atoms with Crippen molar-refractivity contribution >= 4 is 56.4 Å². The number of aromatic nitrogens is 2. The minimum Gasteiger partial charge on any atom is -0.383 e. The maximum absolute atomic E-state index is 13.0. The average molecular weight is 422 g/mol. The number of rotatable bonds is 4. The molecule has 150 valence electrons. The summed E-state index contributed by atoms with van der Waals surface area (Å²) < 4.78 is 13.0. The van der Waals surface area contributed by atoms with Crippen LogP contribution in [0.3, 0.4) is 0 Å². The number of urea groups is 1. The summed E-state index contributed by atoms with van der Waals surface area (Å²) in [6.45, 7) is 0. The minimum atomic E-state index is -0.501. The van der Waals surface area contributed by atoms with E-state index in [1.54, 1.807) is 29.6 Å². The van der Waals surface area contributed by atoms with Gasteiger partial charge in [0.15, 0.2) is 0 Å². The molecule has 8 nitrogen and oxygen atoms in total. The summed E-state index contributed by atoms with van der Waals surface area (Å²) in [6.07, 6.45) is 1.35. The summed E-state index contributed by atoms with van der Waals surface area (Å²) in [5.74, 6) is -0.522. The molecule has 2 heterocycles. The van der Waals surface area contributed by atoms with Gasteiger partial charge in [-0.2, -0.15) is 0 Å². The Morgan fingerprint density at radius 2 is 1.63 bits per heavy atom. The number of amides is 3. The number of fused-ring (bicyclic) bond motifs is 1. The number of thiophene rings is 1. The van der Waals surface area contributed by atoms with Crippen LogP contribution < -0.4 is 21.7 Å². The highest BCUT2D eigenvalue weighted by atomic mass is 32.1. The number of carbonyl (C=O) groups is 2. The number of hydrogen-bond donors (Lipinski definition) is 4. The molecule has 3 amide bonds. The quantitative estimate of drug-likeness (QED) is 0.390. The van der Waals surface area contributed by atoms with Crippen LogP contribution >= 0.6 is 11.3 Å². The Morgan fingerprint density at radius 1 is 0.933 bits per heavy atom. The lowest BCUT2D eigenvalue weighted by atomic mass is 10.2. The zero-order valence-electron chi connectivity index (χ0n) is 15.3. The highest BCUT2D eigenvalue weighted by Crippen LogP contribution is 2.28. The Kier molecular flexibility index (Phi) is 5.22. The second kappa shape index (κ2) is 8.13. The molecule has 0 aliphatic carbocycles. The van der Waals surface area contributed by atoms with E-state index in [0.29, 0.717) is 32.8 Å². The van der Waals surface area contributed by atoms with E-state index >= 15 is 0 Å². The molecule has 2 aromatic carbocycles. The molecule has 5 N–H and O–H groups in total. The molecule has 0 atom stereocenters. The van der Waals surface area contributed by atoms with Gasteiger partial charge in [0.1, 0.15) is 22.8 Å². The Hall–Kier alpha value is -4.05. The Labute approximate surface area is 174 Å². The summed E-state index contributed by atoms with van der Waals surface area (Å²) in [4.78, 5) is 33.5. The monoisotopic (exact) mass is 422 g/mol. The van der Waals surface area contributed by atoms with Gasteiger partial charge in [0.05, 0.1) is 10.9 Å². The number of nitrogens with one attached hydrogen (secondary N) is 3. The maximum atomic E-state index is 13.0. The standard InChI is InChI=1S/C20H15FN6O2S/c21-11-4-6-12(7-5-11)26-20(29)27-14-3-1-2-13(8-14)25-18(28)15-9-30-19-16(15)17(22)23-10-24-19/h1-10H,(H,25,28)(H2,22,23,24)(H2,26,27,29). The molecule has 0 spiro atoms. The predicted octanol–water partition coefficient (Wildman–Crippen LogP) is 4.31. The zero-order valence-corrected chi connectivity index (χ0v) is 16.2. The van der Waals surface area contributed by atoms with Gasteiger partial charge in [-0.15, -0.1) is 11.3 Å². The first-order valence-corrected chi connectivity index (χ1v) is 9.60. The second-order valence-corrected chi connectivity index (χ2v) is 7.07. The van der Waals surface area contributed by atoms with Crippen molar-refractivity contribution in [3.05, 3.63) is 71.6 Å². The molecule has 0 saturated carbocycles. The fourth-order valence-corrected chi connectivity index (χ4v) is 3.66. The Balaban J connectivity index is 1.46. The second-order valence-electron chi connectivity index (χ2n) is 6.21. The smallest absolute Gasteiger partial charge is 0.323 e. The van der Waals surface area contributed by atoms with Gasteiger partial charge in [-0.25, -0.2) is 19.2 Å². The summed E-state index contributed by atoms with van der Waals surface area (Å²) in [5.41, 5.74) is 7.65. The van der Waals surface area contributed by atoms with Gasteiger partial charge in [0.2, 0.25) is 0 Å². The average Bonchev–Trinajstić information content (AvgIpc) is 3.16. The van der Waals surface area contributed by atoms with Crippen LogP contribution in [0.5, 0.6) is 0 Å². The molecule has 4 aromatic rings. The maximum Gasteiger partial charge on any atom is 0.323 e. The van der Waals surface area contributed by atoms with Crippen molar-refractivity contribution in [2.24, 2.45) is 0 Å². The van der Waals surface area contributed by atoms with E-state index in [4.69, 9.17) is 5.73 Å². The Bertz CT molecular complexity index is 1240. The fraction of sp³-hybridized carbons (Fsp3) is 0. The van der Waals surface area contributed by atoms with Crippen LogP contribution in [-0.2, 0) is 0 Å². The summed E-state index contributed by atoms with van der Waals surface area (Å²) in [6, 6.07) is 11.6. The van der Waals surface area contributed by atoms with E-state index in [9.17, 15) is 14.0 Å². The number of nitrogens with two attached hydrogens (primary N) is 1. The fourth-order valence-electron chi connectivity index (χ4n) is 2.77. The van der Waals surface area contributed by atoms with Crippen LogP contribution in [0, 0.1) is 5.82 Å². The predicted molar refractivity (Wildman–Crippen MR) is 115 cm³/mol. The first-order valence-electron chi connectivity index (χ1n) is 8.72. The van der Waals surface area contributed by atoms with Crippen LogP contribution in [0.1, 0.15) is 10.4 Å². The zero-order chi connectivity index (χ0) is 21.1. The van der Waals surface area contributed by atoms with Crippen LogP contribution in [0.15, 0.2) is 60.2 Å². The summed E-state index contributed by atoms with van der Waals surface area (Å²) >= 11 is 1.30. The molecule has 0 fully saturated rings. The summed E-state index contributed by atoms with van der Waals surface area (Å²) in [7, 11) is 0. The number of benzene rings is 2. The third kappa shape index (κ3) is 4.18. The largest absolute Gasteiger partial charge is 0.383 e. The molecule has 0 saturated heterocycles. The molecular weight excluding hydrogens is 407 g/mol. The molecule has 2 aromatic heterocycles. The molecular formula is C20H15FN6O2S. The molecule has 0 aliphatic rings. The van der Waals surface area contributed by atoms with E-state index in [-0.39, 0.29) is 11.7 Å². The molecule has 4 rings (SSSR count). The molecule has 0 aliphatic heterocycles. The number of nitrogens with zero attached hydrogens (tertiary/aromatic N) is 2. The van der Waals surface area contributed by atoms with E-state index in [2.05, 4.69) is 25.9 Å². The number of anilines is 4. The van der Waals surface area contributed by atoms with Crippen molar-refractivity contribution in [2.75, 3.05) is 21.7 Å². The van der Waals surface area contributed by atoms with Crippen molar-refractivity contribution in [1.29, 1.82) is 0 Å². The number of carbonyl (C=O) groups excluding carboxylic acids is 2. The highest BCUT2D eigenvalue weighted by molar-refractivity contribution is 7.17. The minimum absolute atomic E-state index is 0.235. The third-order valence-electron chi connectivity index (χ3n) is 4.12. The first kappa shape index (κ1) is 19.3. The molecule has 0 unspecified atom stereocenters. The topological polar surface area (TPSA) is 122 Å². The van der Waals surface area contributed by atoms with Crippen molar-refractivity contribution < 1.29 is 14.0 Å². The van der Waals surface area contributed by atoms with Crippen LogP contribution in [-0.4, -0.2) is 21.9 Å². The normalized spacial score (nSPS) is 10.6. The SMILES string of the molecule is Nc1ncnc2scc(C(=O)Nc3cccc(NC(=O)Nc4ccc(F)cc4)c3)c12. The lowest BCUT2D eigenvalue weighted by molar-refractivity contribution is 0.102. The summed E-state index contributed by atoms with van der Waals surface area (Å²) in [5, 5.41) is 10.2. The van der Waals surface area contributed by atoms with E-state index in [1.165, 1.54) is 41.9 Å². The van der Waals surface area contributed by atoms with Crippen molar-refractivity contribution in [1.82, 2.24) is 9.97 Å². The van der Waals surface area contributed by atoms with Crippen molar-refractivity contribution in [3.63, 3.8) is 0 Å². The molecule has 0 bridgehead atoms. The van der Waals surface area contributed by atoms with Crippen LogP contribution in [0.25, 0.3) is 10.2 Å². The highest BCUT2D eigenvalue weighted by Gasteiger charge is 2.16. The number of halogens is 1. The van der Waals surface area contributed by atoms with E-state index in [1.807, 2.05) is 0 Å². The third-order valence-corrected chi connectivity index (χ3v) is 5.01. The van der Waals surface area contributed by atoms with E-state index in [0.717, 1.165) is 0 Å².